The van der Waals surface area contributed by atoms with E-state index in [1.807, 2.05) is 30.3 Å². The summed E-state index contributed by atoms with van der Waals surface area (Å²) in [4.78, 5) is 0. The maximum absolute atomic E-state index is 6.38. The van der Waals surface area contributed by atoms with Crippen molar-refractivity contribution in [3.05, 3.63) is 46.5 Å². The molecule has 130 valence electrons. The lowest BCUT2D eigenvalue weighted by Gasteiger charge is -2.14. The summed E-state index contributed by atoms with van der Waals surface area (Å²) in [6, 6.07) is 9.59. The third kappa shape index (κ3) is 4.04. The molecule has 0 radical (unpaired) electrons. The molecule has 0 amide bonds. The van der Waals surface area contributed by atoms with E-state index >= 15 is 0 Å². The van der Waals surface area contributed by atoms with E-state index in [4.69, 9.17) is 30.5 Å². The standard InChI is InChI=1S/C18H22ClNO4/c1-21-14-7-5-12(9-16(14)23-3)10-20-11-13-6-8-15(22-2)18(24-4)17(13)19/h5-9,20H,10-11H2,1-4H3. The van der Waals surface area contributed by atoms with Crippen molar-refractivity contribution < 1.29 is 18.9 Å². The summed E-state index contributed by atoms with van der Waals surface area (Å²) >= 11 is 6.38. The Morgan fingerprint density at radius 2 is 1.46 bits per heavy atom. The van der Waals surface area contributed by atoms with Crippen LogP contribution in [0, 0.1) is 0 Å². The van der Waals surface area contributed by atoms with Crippen LogP contribution in [0.1, 0.15) is 11.1 Å². The number of halogens is 1. The van der Waals surface area contributed by atoms with Crippen LogP contribution in [-0.2, 0) is 13.1 Å². The fraction of sp³-hybridized carbons (Fsp3) is 0.333. The van der Waals surface area contributed by atoms with Crippen LogP contribution in [0.4, 0.5) is 0 Å². The molecule has 2 aromatic rings. The number of nitrogens with one attached hydrogen (secondary N) is 1. The number of hydrogen-bond donors (Lipinski definition) is 1. The summed E-state index contributed by atoms with van der Waals surface area (Å²) in [5.74, 6) is 2.58. The van der Waals surface area contributed by atoms with Crippen LogP contribution in [0.25, 0.3) is 0 Å². The Balaban J connectivity index is 2.04. The van der Waals surface area contributed by atoms with Crippen LogP contribution in [0.3, 0.4) is 0 Å². The Hall–Kier alpha value is -2.11. The first-order chi connectivity index (χ1) is 11.6. The van der Waals surface area contributed by atoms with Gasteiger partial charge in [-0.2, -0.15) is 0 Å². The van der Waals surface area contributed by atoms with Crippen molar-refractivity contribution in [2.24, 2.45) is 0 Å². The Bertz CT molecular complexity index is 691. The van der Waals surface area contributed by atoms with Gasteiger partial charge in [0.15, 0.2) is 23.0 Å². The predicted molar refractivity (Wildman–Crippen MR) is 94.6 cm³/mol. The average molecular weight is 352 g/mol. The van der Waals surface area contributed by atoms with Crippen molar-refractivity contribution in [2.45, 2.75) is 13.1 Å². The molecule has 1 N–H and O–H groups in total. The monoisotopic (exact) mass is 351 g/mol. The van der Waals surface area contributed by atoms with Crippen molar-refractivity contribution >= 4 is 11.6 Å². The molecule has 0 bridgehead atoms. The van der Waals surface area contributed by atoms with Crippen molar-refractivity contribution in [1.29, 1.82) is 0 Å². The zero-order valence-electron chi connectivity index (χ0n) is 14.3. The minimum absolute atomic E-state index is 0.546. The summed E-state index contributed by atoms with van der Waals surface area (Å²) in [5.41, 5.74) is 2.03. The second-order valence-electron chi connectivity index (χ2n) is 5.07. The van der Waals surface area contributed by atoms with Gasteiger partial charge >= 0.3 is 0 Å². The Labute approximate surface area is 147 Å². The maximum Gasteiger partial charge on any atom is 0.179 e. The van der Waals surface area contributed by atoms with Gasteiger partial charge in [-0.05, 0) is 29.3 Å². The topological polar surface area (TPSA) is 49.0 Å². The molecule has 0 aliphatic heterocycles. The molecule has 6 heteroatoms. The van der Waals surface area contributed by atoms with E-state index in [-0.39, 0.29) is 0 Å². The fourth-order valence-corrected chi connectivity index (χ4v) is 2.70. The van der Waals surface area contributed by atoms with Gasteiger partial charge in [0.1, 0.15) is 0 Å². The van der Waals surface area contributed by atoms with E-state index in [0.29, 0.717) is 41.1 Å². The minimum Gasteiger partial charge on any atom is -0.493 e. The lowest BCUT2D eigenvalue weighted by molar-refractivity contribution is 0.354. The van der Waals surface area contributed by atoms with E-state index in [0.717, 1.165) is 11.1 Å². The third-order valence-corrected chi connectivity index (χ3v) is 4.07. The first-order valence-electron chi connectivity index (χ1n) is 7.45. The highest BCUT2D eigenvalue weighted by Gasteiger charge is 2.13. The van der Waals surface area contributed by atoms with E-state index in [9.17, 15) is 0 Å². The molecule has 0 spiro atoms. The average Bonchev–Trinajstić information content (AvgIpc) is 2.62. The van der Waals surface area contributed by atoms with Crippen LogP contribution < -0.4 is 24.3 Å². The van der Waals surface area contributed by atoms with Crippen LogP contribution >= 0.6 is 11.6 Å². The normalized spacial score (nSPS) is 10.4. The molecule has 0 aliphatic carbocycles. The molecule has 0 heterocycles. The summed E-state index contributed by atoms with van der Waals surface area (Å²) in [5, 5.41) is 3.91. The zero-order valence-corrected chi connectivity index (χ0v) is 15.1. The van der Waals surface area contributed by atoms with Crippen molar-refractivity contribution in [2.75, 3.05) is 28.4 Å². The highest BCUT2D eigenvalue weighted by atomic mass is 35.5. The quantitative estimate of drug-likeness (QED) is 0.786. The molecule has 0 fully saturated rings. The Morgan fingerprint density at radius 1 is 0.792 bits per heavy atom. The van der Waals surface area contributed by atoms with Gasteiger partial charge in [-0.1, -0.05) is 23.7 Å². The van der Waals surface area contributed by atoms with E-state index < -0.39 is 0 Å². The molecule has 0 atom stereocenters. The Kier molecular flexibility index (Phi) is 6.58. The van der Waals surface area contributed by atoms with Crippen LogP contribution in [0.15, 0.2) is 30.3 Å². The van der Waals surface area contributed by atoms with Crippen LogP contribution in [0.5, 0.6) is 23.0 Å². The minimum atomic E-state index is 0.546. The highest BCUT2D eigenvalue weighted by molar-refractivity contribution is 6.33. The van der Waals surface area contributed by atoms with Crippen molar-refractivity contribution in [1.82, 2.24) is 5.32 Å². The second kappa shape index (κ2) is 8.66. The SMILES string of the molecule is COc1ccc(CNCc2ccc(OC)c(OC)c2Cl)cc1OC. The second-order valence-corrected chi connectivity index (χ2v) is 5.45. The predicted octanol–water partition coefficient (Wildman–Crippen LogP) is 3.66. The summed E-state index contributed by atoms with van der Waals surface area (Å²) in [6.07, 6.45) is 0. The number of rotatable bonds is 8. The molecular weight excluding hydrogens is 330 g/mol. The molecule has 24 heavy (non-hydrogen) atoms. The third-order valence-electron chi connectivity index (χ3n) is 3.66. The lowest BCUT2D eigenvalue weighted by Crippen LogP contribution is -2.13. The highest BCUT2D eigenvalue weighted by Crippen LogP contribution is 2.37. The van der Waals surface area contributed by atoms with Gasteiger partial charge in [0, 0.05) is 13.1 Å². The molecule has 2 rings (SSSR count). The number of hydrogen-bond acceptors (Lipinski definition) is 5. The Morgan fingerprint density at radius 3 is 2.08 bits per heavy atom. The number of methoxy groups -OCH3 is 4. The van der Waals surface area contributed by atoms with Crippen molar-refractivity contribution in [3.8, 4) is 23.0 Å². The summed E-state index contributed by atoms with van der Waals surface area (Å²) in [6.45, 7) is 1.28. The van der Waals surface area contributed by atoms with E-state index in [2.05, 4.69) is 5.32 Å². The van der Waals surface area contributed by atoms with Crippen LogP contribution in [0.2, 0.25) is 5.02 Å². The largest absolute Gasteiger partial charge is 0.493 e. The van der Waals surface area contributed by atoms with Gasteiger partial charge in [-0.3, -0.25) is 0 Å². The molecule has 5 nitrogen and oxygen atoms in total. The van der Waals surface area contributed by atoms with Gasteiger partial charge in [0.2, 0.25) is 0 Å². The molecule has 0 aromatic heterocycles. The van der Waals surface area contributed by atoms with Crippen LogP contribution in [-0.4, -0.2) is 28.4 Å². The number of ether oxygens (including phenoxy) is 4. The molecular formula is C18H22ClNO4. The van der Waals surface area contributed by atoms with Gasteiger partial charge in [-0.15, -0.1) is 0 Å². The first kappa shape index (κ1) is 18.2. The van der Waals surface area contributed by atoms with Gasteiger partial charge in [0.25, 0.3) is 0 Å². The molecule has 0 unspecified atom stereocenters. The smallest absolute Gasteiger partial charge is 0.179 e. The molecule has 0 saturated carbocycles. The number of benzene rings is 2. The molecule has 0 aliphatic rings. The van der Waals surface area contributed by atoms with E-state index in [1.54, 1.807) is 28.4 Å². The molecule has 0 saturated heterocycles. The van der Waals surface area contributed by atoms with E-state index in [1.165, 1.54) is 0 Å². The first-order valence-corrected chi connectivity index (χ1v) is 7.83. The summed E-state index contributed by atoms with van der Waals surface area (Å²) in [7, 11) is 6.40. The fourth-order valence-electron chi connectivity index (χ4n) is 2.40. The lowest BCUT2D eigenvalue weighted by atomic mass is 10.1. The summed E-state index contributed by atoms with van der Waals surface area (Å²) < 4.78 is 21.1. The van der Waals surface area contributed by atoms with Gasteiger partial charge in [0.05, 0.1) is 33.5 Å². The zero-order chi connectivity index (χ0) is 17.5. The maximum atomic E-state index is 6.38. The van der Waals surface area contributed by atoms with Crippen molar-refractivity contribution in [3.63, 3.8) is 0 Å². The molecule has 2 aromatic carbocycles. The van der Waals surface area contributed by atoms with Gasteiger partial charge < -0.3 is 24.3 Å². The van der Waals surface area contributed by atoms with Gasteiger partial charge in [-0.25, -0.2) is 0 Å².